The quantitative estimate of drug-likeness (QED) is 0.900. The molecule has 1 aliphatic rings. The largest absolute Gasteiger partial charge is 0.306 e. The van der Waals surface area contributed by atoms with Crippen LogP contribution in [0.15, 0.2) is 24.3 Å². The fourth-order valence-electron chi connectivity index (χ4n) is 2.47. The Labute approximate surface area is 122 Å². The third-order valence-corrected chi connectivity index (χ3v) is 5.23. The number of piperidine rings is 1. The Bertz CT molecular complexity index is 517. The smallest absolute Gasteiger partial charge is 0.215 e. The molecule has 0 atom stereocenters. The molecule has 0 bridgehead atoms. The number of rotatable bonds is 5. The minimum absolute atomic E-state index is 0.0693. The lowest BCUT2D eigenvalue weighted by atomic mass is 9.98. The van der Waals surface area contributed by atoms with E-state index in [4.69, 9.17) is 0 Å². The first-order chi connectivity index (χ1) is 9.44. The molecule has 2 rings (SSSR count). The molecular formula is C15H24N2O2S. The minimum atomic E-state index is -3.22. The molecule has 1 heterocycles. The first-order valence-electron chi connectivity index (χ1n) is 7.16. The van der Waals surface area contributed by atoms with Gasteiger partial charge in [-0.2, -0.15) is 0 Å². The van der Waals surface area contributed by atoms with E-state index >= 15 is 0 Å². The van der Waals surface area contributed by atoms with Crippen LogP contribution in [0.5, 0.6) is 0 Å². The molecule has 1 N–H and O–H groups in total. The van der Waals surface area contributed by atoms with Crippen LogP contribution in [-0.2, 0) is 15.8 Å². The maximum atomic E-state index is 12.1. The highest BCUT2D eigenvalue weighted by Gasteiger charge is 2.19. The summed E-state index contributed by atoms with van der Waals surface area (Å²) in [5.41, 5.74) is 1.98. The summed E-state index contributed by atoms with van der Waals surface area (Å²) in [4.78, 5) is 2.29. The molecule has 0 aromatic heterocycles. The average molecular weight is 296 g/mol. The monoisotopic (exact) mass is 296 g/mol. The molecule has 1 aliphatic heterocycles. The fraction of sp³-hybridized carbons (Fsp3) is 0.600. The molecule has 0 unspecified atom stereocenters. The Kier molecular flexibility index (Phi) is 5.18. The molecule has 4 nitrogen and oxygen atoms in total. The predicted octanol–water partition coefficient (Wildman–Crippen LogP) is 1.76. The number of likely N-dealkylation sites (tertiary alicyclic amines) is 1. The van der Waals surface area contributed by atoms with Crippen molar-refractivity contribution in [3.63, 3.8) is 0 Å². The lowest BCUT2D eigenvalue weighted by molar-refractivity contribution is 0.220. The van der Waals surface area contributed by atoms with E-state index < -0.39 is 10.0 Å². The Morgan fingerprint density at radius 2 is 1.80 bits per heavy atom. The van der Waals surface area contributed by atoms with Crippen molar-refractivity contribution in [3.8, 4) is 0 Å². The van der Waals surface area contributed by atoms with E-state index in [0.29, 0.717) is 12.5 Å². The molecule has 0 radical (unpaired) electrons. The highest BCUT2D eigenvalue weighted by Crippen LogP contribution is 2.15. The topological polar surface area (TPSA) is 49.4 Å². The van der Waals surface area contributed by atoms with Crippen molar-refractivity contribution >= 4 is 10.0 Å². The van der Waals surface area contributed by atoms with Gasteiger partial charge < -0.3 is 4.90 Å². The zero-order valence-electron chi connectivity index (χ0n) is 12.3. The summed E-state index contributed by atoms with van der Waals surface area (Å²) in [6, 6.07) is 7.65. The SMILES string of the molecule is Cc1ccc(CS(=O)(=O)NCC2CCN(C)CC2)cc1. The van der Waals surface area contributed by atoms with Gasteiger partial charge in [-0.05, 0) is 51.4 Å². The maximum Gasteiger partial charge on any atom is 0.215 e. The highest BCUT2D eigenvalue weighted by molar-refractivity contribution is 7.88. The van der Waals surface area contributed by atoms with Crippen LogP contribution in [0.3, 0.4) is 0 Å². The van der Waals surface area contributed by atoms with Crippen molar-refractivity contribution in [3.05, 3.63) is 35.4 Å². The standard InChI is InChI=1S/C15H24N2O2S/c1-13-3-5-15(6-4-13)12-20(18,19)16-11-14-7-9-17(2)10-8-14/h3-6,14,16H,7-12H2,1-2H3. The molecule has 1 fully saturated rings. The number of hydrogen-bond acceptors (Lipinski definition) is 3. The van der Waals surface area contributed by atoms with Crippen molar-refractivity contribution < 1.29 is 8.42 Å². The van der Waals surface area contributed by atoms with Gasteiger partial charge in [0.25, 0.3) is 0 Å². The second-order valence-corrected chi connectivity index (χ2v) is 7.65. The van der Waals surface area contributed by atoms with Crippen molar-refractivity contribution in [2.24, 2.45) is 5.92 Å². The molecule has 20 heavy (non-hydrogen) atoms. The molecule has 5 heteroatoms. The van der Waals surface area contributed by atoms with Crippen LogP contribution in [0.2, 0.25) is 0 Å². The molecular weight excluding hydrogens is 272 g/mol. The fourth-order valence-corrected chi connectivity index (χ4v) is 3.69. The molecule has 0 aliphatic carbocycles. The van der Waals surface area contributed by atoms with Gasteiger partial charge in [-0.3, -0.25) is 0 Å². The lowest BCUT2D eigenvalue weighted by Crippen LogP contribution is -2.37. The summed E-state index contributed by atoms with van der Waals surface area (Å²) in [7, 11) is -1.12. The van der Waals surface area contributed by atoms with E-state index in [0.717, 1.165) is 37.1 Å². The van der Waals surface area contributed by atoms with Gasteiger partial charge in [-0.15, -0.1) is 0 Å². The number of hydrogen-bond donors (Lipinski definition) is 1. The summed E-state index contributed by atoms with van der Waals surface area (Å²) >= 11 is 0. The van der Waals surface area contributed by atoms with E-state index in [-0.39, 0.29) is 5.75 Å². The van der Waals surface area contributed by atoms with Crippen LogP contribution >= 0.6 is 0 Å². The van der Waals surface area contributed by atoms with E-state index in [1.165, 1.54) is 0 Å². The maximum absolute atomic E-state index is 12.1. The second-order valence-electron chi connectivity index (χ2n) is 5.84. The van der Waals surface area contributed by atoms with E-state index in [9.17, 15) is 8.42 Å². The van der Waals surface area contributed by atoms with Crippen molar-refractivity contribution in [2.75, 3.05) is 26.7 Å². The number of nitrogens with one attached hydrogen (secondary N) is 1. The van der Waals surface area contributed by atoms with Gasteiger partial charge in [0.2, 0.25) is 10.0 Å². The van der Waals surface area contributed by atoms with E-state index in [2.05, 4.69) is 16.7 Å². The zero-order chi connectivity index (χ0) is 14.6. The molecule has 1 aromatic carbocycles. The van der Waals surface area contributed by atoms with Crippen LogP contribution in [0.25, 0.3) is 0 Å². The third-order valence-electron chi connectivity index (χ3n) is 3.91. The summed E-state index contributed by atoms with van der Waals surface area (Å²) in [6.45, 7) is 4.69. The Hall–Kier alpha value is -0.910. The summed E-state index contributed by atoms with van der Waals surface area (Å²) in [5, 5.41) is 0. The van der Waals surface area contributed by atoms with Crippen LogP contribution in [0.4, 0.5) is 0 Å². The molecule has 1 aromatic rings. The van der Waals surface area contributed by atoms with Gasteiger partial charge in [-0.25, -0.2) is 13.1 Å². The van der Waals surface area contributed by atoms with Crippen LogP contribution in [-0.4, -0.2) is 40.0 Å². The molecule has 1 saturated heterocycles. The van der Waals surface area contributed by atoms with Crippen molar-refractivity contribution in [2.45, 2.75) is 25.5 Å². The van der Waals surface area contributed by atoms with Gasteiger partial charge in [0.1, 0.15) is 0 Å². The first kappa shape index (κ1) is 15.5. The molecule has 0 spiro atoms. The van der Waals surface area contributed by atoms with Gasteiger partial charge in [-0.1, -0.05) is 29.8 Å². The Balaban J connectivity index is 1.83. The van der Waals surface area contributed by atoms with E-state index in [1.54, 1.807) is 0 Å². The Morgan fingerprint density at radius 1 is 1.20 bits per heavy atom. The molecule has 112 valence electrons. The summed E-state index contributed by atoms with van der Waals surface area (Å²) in [5.74, 6) is 0.541. The predicted molar refractivity (Wildman–Crippen MR) is 82.0 cm³/mol. The van der Waals surface area contributed by atoms with Crippen molar-refractivity contribution in [1.82, 2.24) is 9.62 Å². The summed E-state index contributed by atoms with van der Waals surface area (Å²) in [6.07, 6.45) is 2.15. The van der Waals surface area contributed by atoms with Gasteiger partial charge in [0.05, 0.1) is 5.75 Å². The number of aryl methyl sites for hydroxylation is 1. The van der Waals surface area contributed by atoms with Gasteiger partial charge >= 0.3 is 0 Å². The average Bonchev–Trinajstić information content (AvgIpc) is 2.41. The van der Waals surface area contributed by atoms with Crippen LogP contribution < -0.4 is 4.72 Å². The third kappa shape index (κ3) is 4.89. The lowest BCUT2D eigenvalue weighted by Gasteiger charge is -2.28. The zero-order valence-corrected chi connectivity index (χ0v) is 13.1. The van der Waals surface area contributed by atoms with Gasteiger partial charge in [0.15, 0.2) is 0 Å². The van der Waals surface area contributed by atoms with E-state index in [1.807, 2.05) is 31.2 Å². The number of nitrogens with zero attached hydrogens (tertiary/aromatic N) is 1. The second kappa shape index (κ2) is 6.70. The minimum Gasteiger partial charge on any atom is -0.306 e. The number of sulfonamides is 1. The highest BCUT2D eigenvalue weighted by atomic mass is 32.2. The Morgan fingerprint density at radius 3 is 2.40 bits per heavy atom. The number of benzene rings is 1. The van der Waals surface area contributed by atoms with Gasteiger partial charge in [0, 0.05) is 6.54 Å². The normalized spacial score (nSPS) is 18.3. The summed E-state index contributed by atoms with van der Waals surface area (Å²) < 4.78 is 26.9. The van der Waals surface area contributed by atoms with Crippen LogP contribution in [0, 0.1) is 12.8 Å². The molecule has 0 amide bonds. The van der Waals surface area contributed by atoms with Crippen LogP contribution in [0.1, 0.15) is 24.0 Å². The first-order valence-corrected chi connectivity index (χ1v) is 8.81. The van der Waals surface area contributed by atoms with Crippen molar-refractivity contribution in [1.29, 1.82) is 0 Å². The molecule has 0 saturated carbocycles.